The molecule has 0 saturated carbocycles. The number of hydrogen-bond donors (Lipinski definition) is 0. The van der Waals surface area contributed by atoms with Crippen molar-refractivity contribution < 1.29 is 4.79 Å². The van der Waals surface area contributed by atoms with Crippen LogP contribution in [0.5, 0.6) is 0 Å². The number of ketones is 1. The van der Waals surface area contributed by atoms with Crippen molar-refractivity contribution in [2.24, 2.45) is 0 Å². The van der Waals surface area contributed by atoms with Crippen LogP contribution in [0.25, 0.3) is 0 Å². The lowest BCUT2D eigenvalue weighted by molar-refractivity contribution is 0.0830. The molecule has 0 N–H and O–H groups in total. The predicted octanol–water partition coefficient (Wildman–Crippen LogP) is 4.05. The second-order valence-corrected chi connectivity index (χ2v) is 5.74. The predicted molar refractivity (Wildman–Crippen MR) is 75.7 cm³/mol. The Balaban J connectivity index is 2.20. The normalized spacial score (nSPS) is 22.1. The van der Waals surface area contributed by atoms with Crippen molar-refractivity contribution in [1.29, 1.82) is 0 Å². The van der Waals surface area contributed by atoms with Crippen molar-refractivity contribution in [2.75, 3.05) is 6.54 Å². The van der Waals surface area contributed by atoms with Crippen LogP contribution in [0.15, 0.2) is 18.2 Å². The maximum atomic E-state index is 12.4. The third-order valence-electron chi connectivity index (χ3n) is 3.68. The molecule has 0 aliphatic carbocycles. The Labute approximate surface area is 118 Å². The highest BCUT2D eigenvalue weighted by atomic mass is 35.5. The van der Waals surface area contributed by atoms with Gasteiger partial charge in [0.1, 0.15) is 0 Å². The molecule has 0 spiro atoms. The third kappa shape index (κ3) is 2.71. The summed E-state index contributed by atoms with van der Waals surface area (Å²) in [5, 5.41) is 0.991. The molecule has 1 aliphatic heterocycles. The summed E-state index contributed by atoms with van der Waals surface area (Å²) >= 11 is 11.9. The quantitative estimate of drug-likeness (QED) is 0.781. The highest BCUT2D eigenvalue weighted by molar-refractivity contribution is 6.37. The molecule has 2 atom stereocenters. The lowest BCUT2D eigenvalue weighted by Gasteiger charge is -2.27. The number of nitrogens with zero attached hydrogens (tertiary/aromatic N) is 1. The van der Waals surface area contributed by atoms with E-state index in [-0.39, 0.29) is 11.8 Å². The minimum absolute atomic E-state index is 0.0745. The van der Waals surface area contributed by atoms with E-state index in [0.29, 0.717) is 21.7 Å². The van der Waals surface area contributed by atoms with Crippen molar-refractivity contribution in [1.82, 2.24) is 4.90 Å². The van der Waals surface area contributed by atoms with Crippen molar-refractivity contribution in [2.45, 2.75) is 38.8 Å². The van der Waals surface area contributed by atoms with Crippen LogP contribution < -0.4 is 0 Å². The Hall–Kier alpha value is -0.570. The van der Waals surface area contributed by atoms with Crippen LogP contribution in [-0.2, 0) is 0 Å². The van der Waals surface area contributed by atoms with Gasteiger partial charge in [-0.1, -0.05) is 23.2 Å². The highest BCUT2D eigenvalue weighted by Crippen LogP contribution is 2.26. The Morgan fingerprint density at radius 3 is 2.72 bits per heavy atom. The number of carbonyl (C=O) groups excluding carboxylic acids is 1. The molecule has 18 heavy (non-hydrogen) atoms. The van der Waals surface area contributed by atoms with Gasteiger partial charge >= 0.3 is 0 Å². The van der Waals surface area contributed by atoms with E-state index >= 15 is 0 Å². The summed E-state index contributed by atoms with van der Waals surface area (Å²) in [6.07, 6.45) is 2.32. The van der Waals surface area contributed by atoms with Crippen LogP contribution in [0.1, 0.15) is 37.0 Å². The number of Topliss-reactive ketones (excluding diaryl/α,β-unsaturated/α-hetero) is 1. The van der Waals surface area contributed by atoms with Crippen LogP contribution in [0, 0.1) is 0 Å². The largest absolute Gasteiger partial charge is 0.292 e. The maximum absolute atomic E-state index is 12.4. The number of carbonyl (C=O) groups is 1. The first kappa shape index (κ1) is 13.9. The summed E-state index contributed by atoms with van der Waals surface area (Å²) in [6, 6.07) is 5.39. The molecule has 4 heteroatoms. The van der Waals surface area contributed by atoms with Crippen LogP contribution >= 0.6 is 23.2 Å². The molecule has 0 radical (unpaired) electrons. The standard InChI is InChI=1S/C14H17Cl2NO/c1-9-4-3-7-17(9)10(2)14(18)12-6-5-11(15)8-13(12)16/h5-6,8-10H,3-4,7H2,1-2H3. The number of hydrogen-bond acceptors (Lipinski definition) is 2. The second kappa shape index (κ2) is 5.60. The number of likely N-dealkylation sites (tertiary alicyclic amines) is 1. The van der Waals surface area contributed by atoms with Gasteiger partial charge < -0.3 is 0 Å². The van der Waals surface area contributed by atoms with E-state index in [0.717, 1.165) is 19.4 Å². The Morgan fingerprint density at radius 2 is 2.17 bits per heavy atom. The number of rotatable bonds is 3. The van der Waals surface area contributed by atoms with E-state index in [4.69, 9.17) is 23.2 Å². The van der Waals surface area contributed by atoms with Gasteiger partial charge in [0, 0.05) is 16.6 Å². The zero-order valence-electron chi connectivity index (χ0n) is 10.6. The fourth-order valence-corrected chi connectivity index (χ4v) is 3.10. The third-order valence-corrected chi connectivity index (χ3v) is 4.23. The number of halogens is 2. The first-order chi connectivity index (χ1) is 8.50. The van der Waals surface area contributed by atoms with Gasteiger partial charge in [-0.3, -0.25) is 9.69 Å². The molecule has 2 unspecified atom stereocenters. The topological polar surface area (TPSA) is 20.3 Å². The molecular formula is C14H17Cl2NO. The van der Waals surface area contributed by atoms with Crippen molar-refractivity contribution >= 4 is 29.0 Å². The summed E-state index contributed by atoms with van der Waals surface area (Å²) in [5.74, 6) is 0.0745. The number of benzene rings is 1. The molecule has 0 amide bonds. The summed E-state index contributed by atoms with van der Waals surface area (Å²) in [4.78, 5) is 14.7. The van der Waals surface area contributed by atoms with Crippen LogP contribution in [0.2, 0.25) is 10.0 Å². The minimum Gasteiger partial charge on any atom is -0.292 e. The average molecular weight is 286 g/mol. The van der Waals surface area contributed by atoms with Crippen LogP contribution in [0.3, 0.4) is 0 Å². The molecule has 0 bridgehead atoms. The first-order valence-corrected chi connectivity index (χ1v) is 7.01. The van der Waals surface area contributed by atoms with Gasteiger partial charge in [-0.2, -0.15) is 0 Å². The second-order valence-electron chi connectivity index (χ2n) is 4.89. The fourth-order valence-electron chi connectivity index (χ4n) is 2.60. The van der Waals surface area contributed by atoms with Gasteiger partial charge in [0.25, 0.3) is 0 Å². The van der Waals surface area contributed by atoms with Gasteiger partial charge in [-0.25, -0.2) is 0 Å². The van der Waals surface area contributed by atoms with Gasteiger partial charge in [-0.05, 0) is 51.4 Å². The van der Waals surface area contributed by atoms with Crippen molar-refractivity contribution in [3.05, 3.63) is 33.8 Å². The summed E-state index contributed by atoms with van der Waals surface area (Å²) in [6.45, 7) is 5.11. The molecular weight excluding hydrogens is 269 g/mol. The van der Waals surface area contributed by atoms with Gasteiger partial charge in [0.2, 0.25) is 0 Å². The van der Waals surface area contributed by atoms with Gasteiger partial charge in [-0.15, -0.1) is 0 Å². The molecule has 1 saturated heterocycles. The zero-order chi connectivity index (χ0) is 13.3. The lowest BCUT2D eigenvalue weighted by atomic mass is 10.0. The maximum Gasteiger partial charge on any atom is 0.181 e. The Kier molecular flexibility index (Phi) is 4.31. The molecule has 1 aliphatic rings. The summed E-state index contributed by atoms with van der Waals surface area (Å²) < 4.78 is 0. The van der Waals surface area contributed by atoms with Gasteiger partial charge in [0.05, 0.1) is 11.1 Å². The molecule has 1 aromatic carbocycles. The fraction of sp³-hybridized carbons (Fsp3) is 0.500. The minimum atomic E-state index is -0.124. The molecule has 1 fully saturated rings. The van der Waals surface area contributed by atoms with E-state index in [1.165, 1.54) is 0 Å². The lowest BCUT2D eigenvalue weighted by Crippen LogP contribution is -2.41. The van der Waals surface area contributed by atoms with E-state index in [1.54, 1.807) is 18.2 Å². The molecule has 0 aromatic heterocycles. The van der Waals surface area contributed by atoms with Crippen molar-refractivity contribution in [3.63, 3.8) is 0 Å². The van der Waals surface area contributed by atoms with E-state index in [9.17, 15) is 4.79 Å². The van der Waals surface area contributed by atoms with E-state index in [1.807, 2.05) is 6.92 Å². The highest BCUT2D eigenvalue weighted by Gasteiger charge is 2.30. The van der Waals surface area contributed by atoms with Crippen molar-refractivity contribution in [3.8, 4) is 0 Å². The van der Waals surface area contributed by atoms with E-state index in [2.05, 4.69) is 11.8 Å². The zero-order valence-corrected chi connectivity index (χ0v) is 12.1. The summed E-state index contributed by atoms with van der Waals surface area (Å²) in [7, 11) is 0. The first-order valence-electron chi connectivity index (χ1n) is 6.25. The summed E-state index contributed by atoms with van der Waals surface area (Å²) in [5.41, 5.74) is 0.563. The molecule has 2 nitrogen and oxygen atoms in total. The van der Waals surface area contributed by atoms with E-state index < -0.39 is 0 Å². The molecule has 98 valence electrons. The SMILES string of the molecule is CC1CCCN1C(C)C(=O)c1ccc(Cl)cc1Cl. The average Bonchev–Trinajstić information content (AvgIpc) is 2.74. The van der Waals surface area contributed by atoms with Crippen LogP contribution in [0.4, 0.5) is 0 Å². The Morgan fingerprint density at radius 1 is 1.44 bits per heavy atom. The van der Waals surface area contributed by atoms with Gasteiger partial charge in [0.15, 0.2) is 5.78 Å². The monoisotopic (exact) mass is 285 g/mol. The molecule has 1 aromatic rings. The smallest absolute Gasteiger partial charge is 0.181 e. The molecule has 1 heterocycles. The Bertz CT molecular complexity index is 461. The van der Waals surface area contributed by atoms with Crippen LogP contribution in [-0.4, -0.2) is 29.3 Å². The molecule has 2 rings (SSSR count).